The lowest BCUT2D eigenvalue weighted by Crippen LogP contribution is -2.25. The average Bonchev–Trinajstić information content (AvgIpc) is 3.21. The summed E-state index contributed by atoms with van der Waals surface area (Å²) >= 11 is 12.7. The molecule has 0 saturated carbocycles. The van der Waals surface area contributed by atoms with Gasteiger partial charge in [-0.15, -0.1) is 0 Å². The maximum Gasteiger partial charge on any atom is 0.264 e. The van der Waals surface area contributed by atoms with Crippen molar-refractivity contribution >= 4 is 67.6 Å². The molecule has 4 rings (SSSR count). The molecule has 7 nitrogen and oxygen atoms in total. The molecule has 12 heteroatoms. The standard InChI is InChI=1S/C20H13Cl2FN4O3S2/c21-12-5-4-11(15(23)8-12)10-24-20(28)14-7-6-13(22)9-17(14)27-32(29,30)18-3-1-2-16-19(18)26-31-25-16/h1-9,27H,10H2,(H,24,28). The minimum atomic E-state index is -4.12. The molecule has 2 N–H and O–H groups in total. The van der Waals surface area contributed by atoms with Gasteiger partial charge in [-0.1, -0.05) is 35.3 Å². The molecule has 0 saturated heterocycles. The van der Waals surface area contributed by atoms with Gasteiger partial charge in [-0.3, -0.25) is 9.52 Å². The van der Waals surface area contributed by atoms with E-state index in [4.69, 9.17) is 23.2 Å². The fraction of sp³-hybridized carbons (Fsp3) is 0.0500. The van der Waals surface area contributed by atoms with Gasteiger partial charge in [0.2, 0.25) is 0 Å². The SMILES string of the molecule is O=C(NCc1ccc(Cl)cc1F)c1ccc(Cl)cc1NS(=O)(=O)c1cccc2nsnc12. The van der Waals surface area contributed by atoms with Crippen molar-refractivity contribution < 1.29 is 17.6 Å². The lowest BCUT2D eigenvalue weighted by molar-refractivity contribution is 0.0951. The number of benzene rings is 3. The average molecular weight is 511 g/mol. The highest BCUT2D eigenvalue weighted by Crippen LogP contribution is 2.27. The summed E-state index contributed by atoms with van der Waals surface area (Å²) in [5, 5.41) is 3.02. The first kappa shape index (κ1) is 22.4. The van der Waals surface area contributed by atoms with Crippen molar-refractivity contribution in [3.05, 3.63) is 81.6 Å². The Kier molecular flexibility index (Phi) is 6.29. The second kappa shape index (κ2) is 8.99. The molecular weight excluding hydrogens is 498 g/mol. The molecule has 0 aliphatic carbocycles. The molecule has 4 aromatic rings. The number of carbonyl (C=O) groups is 1. The van der Waals surface area contributed by atoms with Crippen LogP contribution in [0.15, 0.2) is 59.5 Å². The number of hydrogen-bond donors (Lipinski definition) is 2. The number of fused-ring (bicyclic) bond motifs is 1. The van der Waals surface area contributed by atoms with Crippen LogP contribution in [0.25, 0.3) is 11.0 Å². The van der Waals surface area contributed by atoms with Crippen molar-refractivity contribution in [3.63, 3.8) is 0 Å². The maximum atomic E-state index is 14.0. The number of rotatable bonds is 6. The first-order valence-corrected chi connectivity index (χ1v) is 12.0. The Hall–Kier alpha value is -2.79. The van der Waals surface area contributed by atoms with Crippen LogP contribution in [-0.4, -0.2) is 23.1 Å². The largest absolute Gasteiger partial charge is 0.348 e. The Morgan fingerprint density at radius 3 is 2.56 bits per heavy atom. The zero-order valence-electron chi connectivity index (χ0n) is 16.0. The van der Waals surface area contributed by atoms with E-state index in [-0.39, 0.29) is 43.8 Å². The van der Waals surface area contributed by atoms with E-state index < -0.39 is 21.7 Å². The summed E-state index contributed by atoms with van der Waals surface area (Å²) in [4.78, 5) is 12.7. The van der Waals surface area contributed by atoms with Gasteiger partial charge < -0.3 is 5.32 Å². The Labute approximate surface area is 196 Å². The highest BCUT2D eigenvalue weighted by atomic mass is 35.5. The van der Waals surface area contributed by atoms with E-state index in [1.165, 1.54) is 36.4 Å². The van der Waals surface area contributed by atoms with E-state index in [2.05, 4.69) is 18.8 Å². The second-order valence-corrected chi connectivity index (χ2v) is 9.65. The number of halogens is 3. The molecule has 0 radical (unpaired) electrons. The summed E-state index contributed by atoms with van der Waals surface area (Å²) in [5.74, 6) is -1.19. The van der Waals surface area contributed by atoms with Gasteiger partial charge in [-0.05, 0) is 42.5 Å². The predicted molar refractivity (Wildman–Crippen MR) is 122 cm³/mol. The van der Waals surface area contributed by atoms with Gasteiger partial charge in [-0.2, -0.15) is 8.75 Å². The van der Waals surface area contributed by atoms with Crippen molar-refractivity contribution in [1.29, 1.82) is 0 Å². The fourth-order valence-corrected chi connectivity index (χ4v) is 5.10. The van der Waals surface area contributed by atoms with Gasteiger partial charge in [0.25, 0.3) is 15.9 Å². The number of amides is 1. The zero-order valence-corrected chi connectivity index (χ0v) is 19.1. The highest BCUT2D eigenvalue weighted by molar-refractivity contribution is 7.93. The van der Waals surface area contributed by atoms with Crippen LogP contribution in [0.5, 0.6) is 0 Å². The first-order valence-electron chi connectivity index (χ1n) is 9.00. The number of carbonyl (C=O) groups excluding carboxylic acids is 1. The molecule has 1 amide bonds. The number of hydrogen-bond acceptors (Lipinski definition) is 6. The predicted octanol–water partition coefficient (Wildman–Crippen LogP) is 4.87. The summed E-state index contributed by atoms with van der Waals surface area (Å²) in [6, 6.07) is 12.8. The zero-order chi connectivity index (χ0) is 22.9. The topological polar surface area (TPSA) is 101 Å². The summed E-state index contributed by atoms with van der Waals surface area (Å²) < 4.78 is 50.6. The van der Waals surface area contributed by atoms with E-state index >= 15 is 0 Å². The quantitative estimate of drug-likeness (QED) is 0.385. The van der Waals surface area contributed by atoms with Crippen LogP contribution >= 0.6 is 34.9 Å². The van der Waals surface area contributed by atoms with Crippen LogP contribution in [0.4, 0.5) is 10.1 Å². The van der Waals surface area contributed by atoms with Crippen molar-refractivity contribution in [2.24, 2.45) is 0 Å². The molecule has 0 fully saturated rings. The molecule has 0 bridgehead atoms. The molecule has 0 spiro atoms. The van der Waals surface area contributed by atoms with Crippen LogP contribution in [-0.2, 0) is 16.6 Å². The van der Waals surface area contributed by atoms with Crippen LogP contribution in [0.2, 0.25) is 10.0 Å². The molecule has 1 aromatic heterocycles. The Morgan fingerprint density at radius 2 is 1.78 bits per heavy atom. The van der Waals surface area contributed by atoms with E-state index in [1.54, 1.807) is 12.1 Å². The van der Waals surface area contributed by atoms with Crippen molar-refractivity contribution in [1.82, 2.24) is 14.1 Å². The van der Waals surface area contributed by atoms with Gasteiger partial charge in [-0.25, -0.2) is 12.8 Å². The van der Waals surface area contributed by atoms with Crippen LogP contribution in [0, 0.1) is 5.82 Å². The molecule has 0 atom stereocenters. The minimum Gasteiger partial charge on any atom is -0.348 e. The fourth-order valence-electron chi connectivity index (χ4n) is 2.93. The molecule has 0 aliphatic rings. The van der Waals surface area contributed by atoms with Gasteiger partial charge >= 0.3 is 0 Å². The Balaban J connectivity index is 1.62. The van der Waals surface area contributed by atoms with E-state index in [0.717, 1.165) is 17.8 Å². The molecule has 32 heavy (non-hydrogen) atoms. The lowest BCUT2D eigenvalue weighted by atomic mass is 10.1. The first-order chi connectivity index (χ1) is 15.2. The smallest absolute Gasteiger partial charge is 0.264 e. The normalized spacial score (nSPS) is 11.5. The summed E-state index contributed by atoms with van der Waals surface area (Å²) in [5.41, 5.74) is 0.854. The number of aromatic nitrogens is 2. The van der Waals surface area contributed by atoms with E-state index in [1.807, 2.05) is 0 Å². The summed E-state index contributed by atoms with van der Waals surface area (Å²) in [7, 11) is -4.12. The Morgan fingerprint density at radius 1 is 1.03 bits per heavy atom. The minimum absolute atomic E-state index is 0.0101. The highest BCUT2D eigenvalue weighted by Gasteiger charge is 2.23. The van der Waals surface area contributed by atoms with E-state index in [9.17, 15) is 17.6 Å². The van der Waals surface area contributed by atoms with Gasteiger partial charge in [0.1, 0.15) is 21.7 Å². The third-order valence-electron chi connectivity index (χ3n) is 4.46. The third kappa shape index (κ3) is 4.68. The number of anilines is 1. The monoisotopic (exact) mass is 510 g/mol. The molecule has 0 unspecified atom stereocenters. The Bertz CT molecular complexity index is 1440. The van der Waals surface area contributed by atoms with Crippen LogP contribution in [0.1, 0.15) is 15.9 Å². The van der Waals surface area contributed by atoms with Crippen molar-refractivity contribution in [2.45, 2.75) is 11.4 Å². The molecular formula is C20H13Cl2FN4O3S2. The number of sulfonamides is 1. The summed E-state index contributed by atoms with van der Waals surface area (Å²) in [6.45, 7) is -0.125. The van der Waals surface area contributed by atoms with Crippen molar-refractivity contribution in [2.75, 3.05) is 4.72 Å². The molecule has 164 valence electrons. The van der Waals surface area contributed by atoms with Crippen molar-refractivity contribution in [3.8, 4) is 0 Å². The molecule has 1 heterocycles. The lowest BCUT2D eigenvalue weighted by Gasteiger charge is -2.14. The van der Waals surface area contributed by atoms with Gasteiger partial charge in [0.15, 0.2) is 0 Å². The molecule has 3 aromatic carbocycles. The maximum absolute atomic E-state index is 14.0. The third-order valence-corrected chi connectivity index (χ3v) is 6.87. The van der Waals surface area contributed by atoms with Crippen LogP contribution in [0.3, 0.4) is 0 Å². The number of nitrogens with zero attached hydrogens (tertiary/aromatic N) is 2. The van der Waals surface area contributed by atoms with Gasteiger partial charge in [0, 0.05) is 22.2 Å². The van der Waals surface area contributed by atoms with Gasteiger partial charge in [0.05, 0.1) is 23.0 Å². The molecule has 0 aliphatic heterocycles. The number of nitrogens with one attached hydrogen (secondary N) is 2. The van der Waals surface area contributed by atoms with Crippen LogP contribution < -0.4 is 10.0 Å². The second-order valence-electron chi connectivity index (χ2n) is 6.60. The van der Waals surface area contributed by atoms with E-state index in [0.29, 0.717) is 5.52 Å². The summed E-state index contributed by atoms with van der Waals surface area (Å²) in [6.07, 6.45) is 0.